The van der Waals surface area contributed by atoms with Crippen LogP contribution in [0.4, 0.5) is 0 Å². The molecule has 1 aliphatic carbocycles. The Balaban J connectivity index is 1.28. The van der Waals surface area contributed by atoms with Crippen molar-refractivity contribution >= 4 is 5.91 Å². The molecule has 140 valence electrons. The largest absolute Gasteiger partial charge is 0.361 e. The molecule has 2 aromatic heterocycles. The maximum absolute atomic E-state index is 12.7. The molecule has 2 atom stereocenters. The van der Waals surface area contributed by atoms with Crippen LogP contribution in [0, 0.1) is 31.6 Å². The van der Waals surface area contributed by atoms with Crippen molar-refractivity contribution in [1.29, 1.82) is 0 Å². The third-order valence-corrected chi connectivity index (χ3v) is 5.66. The summed E-state index contributed by atoms with van der Waals surface area (Å²) in [5.41, 5.74) is 1.30. The highest BCUT2D eigenvalue weighted by atomic mass is 16.5. The summed E-state index contributed by atoms with van der Waals surface area (Å²) in [6.45, 7) is 8.94. The van der Waals surface area contributed by atoms with Gasteiger partial charge in [0.05, 0.1) is 12.2 Å². The molecule has 0 bridgehead atoms. The van der Waals surface area contributed by atoms with Crippen LogP contribution in [-0.2, 0) is 13.0 Å². The molecule has 4 rings (SSSR count). The fourth-order valence-corrected chi connectivity index (χ4v) is 4.19. The summed E-state index contributed by atoms with van der Waals surface area (Å²) in [5.74, 6) is 3.92. The van der Waals surface area contributed by atoms with Crippen LogP contribution in [0.3, 0.4) is 0 Å². The second-order valence-corrected chi connectivity index (χ2v) is 7.56. The minimum atomic E-state index is 0.0542. The minimum Gasteiger partial charge on any atom is -0.361 e. The molecule has 1 saturated carbocycles. The Morgan fingerprint density at radius 3 is 2.54 bits per heavy atom. The van der Waals surface area contributed by atoms with E-state index >= 15 is 0 Å². The Bertz CT molecular complexity index is 782. The summed E-state index contributed by atoms with van der Waals surface area (Å²) in [5, 5.41) is 7.83. The topological polar surface area (TPSA) is 88.5 Å². The van der Waals surface area contributed by atoms with Crippen LogP contribution in [0.5, 0.6) is 0 Å². The molecule has 1 aliphatic heterocycles. The number of aromatic nitrogens is 3. The fraction of sp³-hybridized carbons (Fsp3) is 0.667. The monoisotopic (exact) mass is 359 g/mol. The van der Waals surface area contributed by atoms with E-state index in [0.29, 0.717) is 47.2 Å². The van der Waals surface area contributed by atoms with Gasteiger partial charge in [-0.1, -0.05) is 17.2 Å². The molecular formula is C18H25N5O3. The van der Waals surface area contributed by atoms with Gasteiger partial charge in [-0.2, -0.15) is 4.98 Å². The summed E-state index contributed by atoms with van der Waals surface area (Å²) in [7, 11) is 2.08. The lowest BCUT2D eigenvalue weighted by atomic mass is 10.1. The Kier molecular flexibility index (Phi) is 4.30. The van der Waals surface area contributed by atoms with E-state index in [1.54, 1.807) is 6.92 Å². The first-order valence-electron chi connectivity index (χ1n) is 9.20. The molecule has 8 heteroatoms. The zero-order valence-electron chi connectivity index (χ0n) is 15.7. The zero-order valence-corrected chi connectivity index (χ0v) is 15.7. The molecule has 2 fully saturated rings. The first-order valence-corrected chi connectivity index (χ1v) is 9.20. The van der Waals surface area contributed by atoms with Crippen LogP contribution in [0.15, 0.2) is 9.05 Å². The lowest BCUT2D eigenvalue weighted by Crippen LogP contribution is -2.34. The number of hydrogen-bond acceptors (Lipinski definition) is 7. The lowest BCUT2D eigenvalue weighted by Gasteiger charge is -2.21. The van der Waals surface area contributed by atoms with Gasteiger partial charge in [-0.05, 0) is 38.6 Å². The van der Waals surface area contributed by atoms with Gasteiger partial charge < -0.3 is 13.9 Å². The van der Waals surface area contributed by atoms with Crippen molar-refractivity contribution in [3.63, 3.8) is 0 Å². The Labute approximate surface area is 152 Å². The minimum absolute atomic E-state index is 0.0542. The predicted molar refractivity (Wildman–Crippen MR) is 92.4 cm³/mol. The van der Waals surface area contributed by atoms with Crippen LogP contribution < -0.4 is 0 Å². The smallest absolute Gasteiger partial charge is 0.259 e. The van der Waals surface area contributed by atoms with Crippen molar-refractivity contribution in [3.05, 3.63) is 28.7 Å². The molecular weight excluding hydrogens is 334 g/mol. The molecule has 3 heterocycles. The van der Waals surface area contributed by atoms with Crippen LogP contribution in [0.2, 0.25) is 0 Å². The number of carbonyl (C=O) groups excluding carboxylic acids is 1. The Morgan fingerprint density at radius 1 is 1.23 bits per heavy atom. The van der Waals surface area contributed by atoms with E-state index in [0.717, 1.165) is 31.9 Å². The van der Waals surface area contributed by atoms with Crippen molar-refractivity contribution < 1.29 is 13.8 Å². The van der Waals surface area contributed by atoms with Crippen LogP contribution in [0.1, 0.15) is 40.5 Å². The van der Waals surface area contributed by atoms with E-state index in [-0.39, 0.29) is 5.91 Å². The number of rotatable bonds is 6. The SMILES string of the molecule is CCc1noc(CN(C)CC2C3CN(C(=O)c4c(C)noc4C)CC23)n1. The highest BCUT2D eigenvalue weighted by Crippen LogP contribution is 2.52. The highest BCUT2D eigenvalue weighted by Gasteiger charge is 2.56. The maximum atomic E-state index is 12.7. The van der Waals surface area contributed by atoms with E-state index in [2.05, 4.69) is 27.2 Å². The molecule has 26 heavy (non-hydrogen) atoms. The summed E-state index contributed by atoms with van der Waals surface area (Å²) in [4.78, 5) is 21.2. The number of fused-ring (bicyclic) bond motifs is 1. The molecule has 0 spiro atoms. The quantitative estimate of drug-likeness (QED) is 0.775. The van der Waals surface area contributed by atoms with E-state index < -0.39 is 0 Å². The van der Waals surface area contributed by atoms with Crippen molar-refractivity contribution in [2.24, 2.45) is 17.8 Å². The number of amides is 1. The fourth-order valence-electron chi connectivity index (χ4n) is 4.19. The first-order chi connectivity index (χ1) is 12.5. The Morgan fingerprint density at radius 2 is 1.96 bits per heavy atom. The molecule has 2 unspecified atom stereocenters. The molecule has 0 aromatic carbocycles. The van der Waals surface area contributed by atoms with E-state index in [9.17, 15) is 4.79 Å². The van der Waals surface area contributed by atoms with Crippen LogP contribution in [0.25, 0.3) is 0 Å². The van der Waals surface area contributed by atoms with Gasteiger partial charge in [0.2, 0.25) is 5.89 Å². The predicted octanol–water partition coefficient (Wildman–Crippen LogP) is 1.69. The molecule has 0 N–H and O–H groups in total. The molecule has 8 nitrogen and oxygen atoms in total. The van der Waals surface area contributed by atoms with Gasteiger partial charge in [0.25, 0.3) is 5.91 Å². The van der Waals surface area contributed by atoms with Crippen molar-refractivity contribution in [1.82, 2.24) is 25.1 Å². The van der Waals surface area contributed by atoms with Crippen LogP contribution in [-0.4, -0.2) is 57.7 Å². The summed E-state index contributed by atoms with van der Waals surface area (Å²) < 4.78 is 10.4. The van der Waals surface area contributed by atoms with Gasteiger partial charge in [-0.25, -0.2) is 0 Å². The number of aryl methyl sites for hydroxylation is 3. The molecule has 2 aliphatic rings. The lowest BCUT2D eigenvalue weighted by molar-refractivity contribution is 0.0761. The number of likely N-dealkylation sites (tertiary alicyclic amines) is 1. The van der Waals surface area contributed by atoms with Gasteiger partial charge in [0.15, 0.2) is 5.82 Å². The second-order valence-electron chi connectivity index (χ2n) is 7.56. The van der Waals surface area contributed by atoms with E-state index in [1.165, 1.54) is 0 Å². The number of nitrogens with zero attached hydrogens (tertiary/aromatic N) is 5. The standard InChI is InChI=1S/C18H25N5O3/c1-5-15-19-16(26-21-15)9-22(4)6-12-13-7-23(8-14(12)13)18(24)17-10(2)20-25-11(17)3/h12-14H,5-9H2,1-4H3. The third-order valence-electron chi connectivity index (χ3n) is 5.66. The average molecular weight is 359 g/mol. The average Bonchev–Trinajstić information content (AvgIpc) is 3.04. The third kappa shape index (κ3) is 3.02. The van der Waals surface area contributed by atoms with Gasteiger partial charge >= 0.3 is 0 Å². The summed E-state index contributed by atoms with van der Waals surface area (Å²) in [6, 6.07) is 0. The summed E-state index contributed by atoms with van der Waals surface area (Å²) in [6.07, 6.45) is 0.787. The van der Waals surface area contributed by atoms with Gasteiger partial charge in [-0.3, -0.25) is 9.69 Å². The van der Waals surface area contributed by atoms with E-state index in [4.69, 9.17) is 9.05 Å². The number of piperidine rings is 1. The Hall–Kier alpha value is -2.22. The van der Waals surface area contributed by atoms with Crippen molar-refractivity contribution in [2.45, 2.75) is 33.7 Å². The molecule has 0 radical (unpaired) electrons. The zero-order chi connectivity index (χ0) is 18.4. The normalized spacial score (nSPS) is 24.3. The van der Waals surface area contributed by atoms with Crippen molar-refractivity contribution in [3.8, 4) is 0 Å². The maximum Gasteiger partial charge on any atom is 0.259 e. The second kappa shape index (κ2) is 6.50. The van der Waals surface area contributed by atoms with Crippen molar-refractivity contribution in [2.75, 3.05) is 26.7 Å². The van der Waals surface area contributed by atoms with Gasteiger partial charge in [0.1, 0.15) is 11.3 Å². The number of hydrogen-bond donors (Lipinski definition) is 0. The van der Waals surface area contributed by atoms with Gasteiger partial charge in [-0.15, -0.1) is 0 Å². The molecule has 1 amide bonds. The summed E-state index contributed by atoms with van der Waals surface area (Å²) >= 11 is 0. The van der Waals surface area contributed by atoms with E-state index in [1.807, 2.05) is 18.7 Å². The first kappa shape index (κ1) is 17.2. The highest BCUT2D eigenvalue weighted by molar-refractivity contribution is 5.96. The van der Waals surface area contributed by atoms with Gasteiger partial charge in [0, 0.05) is 26.1 Å². The number of carbonyl (C=O) groups is 1. The molecule has 1 saturated heterocycles. The molecule has 2 aromatic rings. The van der Waals surface area contributed by atoms with Crippen LogP contribution >= 0.6 is 0 Å².